The van der Waals surface area contributed by atoms with E-state index in [0.717, 1.165) is 25.9 Å². The predicted molar refractivity (Wildman–Crippen MR) is 114 cm³/mol. The van der Waals surface area contributed by atoms with Gasteiger partial charge in [-0.25, -0.2) is 0 Å². The molecule has 0 aliphatic carbocycles. The number of thiophene rings is 1. The molecule has 1 amide bonds. The lowest BCUT2D eigenvalue weighted by Crippen LogP contribution is -2.48. The fraction of sp³-hybridized carbons (Fsp3) is 0.500. The molecule has 1 fully saturated rings. The highest BCUT2D eigenvalue weighted by Gasteiger charge is 2.42. The van der Waals surface area contributed by atoms with Crippen LogP contribution in [0.3, 0.4) is 0 Å². The maximum atomic E-state index is 13.2. The number of nitrogens with zero attached hydrogens (tertiary/aromatic N) is 4. The van der Waals surface area contributed by atoms with Crippen LogP contribution in [0.4, 0.5) is 0 Å². The normalized spacial score (nSPS) is 19.4. The molecule has 0 bridgehead atoms. The van der Waals surface area contributed by atoms with Crippen LogP contribution >= 0.6 is 11.3 Å². The second kappa shape index (κ2) is 7.44. The van der Waals surface area contributed by atoms with Crippen molar-refractivity contribution in [2.75, 3.05) is 19.7 Å². The first-order valence-corrected chi connectivity index (χ1v) is 11.4. The van der Waals surface area contributed by atoms with E-state index in [1.807, 2.05) is 30.1 Å². The number of amides is 1. The van der Waals surface area contributed by atoms with Gasteiger partial charge in [-0.1, -0.05) is 13.8 Å². The Hall–Kier alpha value is -2.29. The Bertz CT molecular complexity index is 1080. The third kappa shape index (κ3) is 3.14. The number of hydrogen-bond acceptors (Lipinski definition) is 6. The van der Waals surface area contributed by atoms with Gasteiger partial charge in [-0.15, -0.1) is 21.5 Å². The number of pyridine rings is 1. The number of aliphatic hydroxyl groups excluding tert-OH is 1. The lowest BCUT2D eigenvalue weighted by molar-refractivity contribution is -0.0926. The number of fused-ring (bicyclic) bond motifs is 3. The zero-order valence-corrected chi connectivity index (χ0v) is 18.1. The molecule has 1 unspecified atom stereocenters. The molecule has 5 heterocycles. The van der Waals surface area contributed by atoms with Gasteiger partial charge in [-0.05, 0) is 47.9 Å². The molecular formula is C22H26N4O3S. The summed E-state index contributed by atoms with van der Waals surface area (Å²) in [5, 5.41) is 20.8. The van der Waals surface area contributed by atoms with Crippen molar-refractivity contribution in [3.05, 3.63) is 51.6 Å². The SMILES string of the molecule is CC(C)C(O)c1nnc2ccc(C(=O)N3CCC4(CC3)OCCc3sccc34)cn12. The van der Waals surface area contributed by atoms with Crippen molar-refractivity contribution in [1.82, 2.24) is 19.5 Å². The van der Waals surface area contributed by atoms with Gasteiger partial charge in [0.1, 0.15) is 6.10 Å². The van der Waals surface area contributed by atoms with Gasteiger partial charge < -0.3 is 14.7 Å². The first-order valence-electron chi connectivity index (χ1n) is 10.5. The van der Waals surface area contributed by atoms with Crippen LogP contribution in [0, 0.1) is 5.92 Å². The van der Waals surface area contributed by atoms with Crippen molar-refractivity contribution < 1.29 is 14.6 Å². The molecular weight excluding hydrogens is 400 g/mol. The van der Waals surface area contributed by atoms with Gasteiger partial charge in [0.2, 0.25) is 0 Å². The summed E-state index contributed by atoms with van der Waals surface area (Å²) in [6, 6.07) is 5.76. The molecule has 0 radical (unpaired) electrons. The first-order chi connectivity index (χ1) is 14.5. The molecule has 3 aromatic rings. The molecule has 158 valence electrons. The van der Waals surface area contributed by atoms with E-state index in [1.165, 1.54) is 10.4 Å². The van der Waals surface area contributed by atoms with Gasteiger partial charge >= 0.3 is 0 Å². The van der Waals surface area contributed by atoms with Crippen LogP contribution in [0.15, 0.2) is 29.8 Å². The Morgan fingerprint density at radius 1 is 1.23 bits per heavy atom. The first kappa shape index (κ1) is 19.7. The van der Waals surface area contributed by atoms with Crippen LogP contribution in [0.25, 0.3) is 5.65 Å². The van der Waals surface area contributed by atoms with Crippen molar-refractivity contribution in [3.63, 3.8) is 0 Å². The number of aliphatic hydroxyl groups is 1. The van der Waals surface area contributed by atoms with E-state index in [4.69, 9.17) is 4.74 Å². The van der Waals surface area contributed by atoms with Gasteiger partial charge in [-0.3, -0.25) is 9.20 Å². The number of aromatic nitrogens is 3. The molecule has 2 aliphatic rings. The number of likely N-dealkylation sites (tertiary alicyclic amines) is 1. The largest absolute Gasteiger partial charge is 0.385 e. The second-order valence-corrected chi connectivity index (χ2v) is 9.54. The van der Waals surface area contributed by atoms with E-state index in [0.29, 0.717) is 30.1 Å². The van der Waals surface area contributed by atoms with E-state index in [-0.39, 0.29) is 17.4 Å². The average Bonchev–Trinajstić information content (AvgIpc) is 3.41. The lowest BCUT2D eigenvalue weighted by atomic mass is 9.82. The number of carbonyl (C=O) groups excluding carboxylic acids is 1. The van der Waals surface area contributed by atoms with Gasteiger partial charge in [-0.2, -0.15) is 0 Å². The second-order valence-electron chi connectivity index (χ2n) is 8.54. The fourth-order valence-corrected chi connectivity index (χ4v) is 5.51. The van der Waals surface area contributed by atoms with Crippen molar-refractivity contribution in [2.24, 2.45) is 5.92 Å². The smallest absolute Gasteiger partial charge is 0.255 e. The quantitative estimate of drug-likeness (QED) is 0.696. The number of carbonyl (C=O) groups is 1. The molecule has 0 saturated carbocycles. The zero-order chi connectivity index (χ0) is 20.9. The highest BCUT2D eigenvalue weighted by atomic mass is 32.1. The molecule has 0 aromatic carbocycles. The van der Waals surface area contributed by atoms with Crippen LogP contribution in [-0.4, -0.2) is 50.2 Å². The molecule has 3 aromatic heterocycles. The van der Waals surface area contributed by atoms with Gasteiger partial charge in [0.05, 0.1) is 17.8 Å². The molecule has 1 atom stereocenters. The van der Waals surface area contributed by atoms with Crippen molar-refractivity contribution in [2.45, 2.75) is 44.8 Å². The van der Waals surface area contributed by atoms with E-state index in [9.17, 15) is 9.90 Å². The summed E-state index contributed by atoms with van der Waals surface area (Å²) in [4.78, 5) is 16.5. The third-order valence-corrected chi connectivity index (χ3v) is 7.35. The van der Waals surface area contributed by atoms with Crippen LogP contribution in [0.5, 0.6) is 0 Å². The molecule has 1 spiro atoms. The summed E-state index contributed by atoms with van der Waals surface area (Å²) in [7, 11) is 0. The van der Waals surface area contributed by atoms with Gasteiger partial charge in [0.15, 0.2) is 11.5 Å². The Labute approximate surface area is 179 Å². The molecule has 8 heteroatoms. The molecule has 1 N–H and O–H groups in total. The van der Waals surface area contributed by atoms with E-state index in [2.05, 4.69) is 21.6 Å². The minimum atomic E-state index is -0.733. The van der Waals surface area contributed by atoms with Crippen molar-refractivity contribution in [3.8, 4) is 0 Å². The molecule has 2 aliphatic heterocycles. The molecule has 30 heavy (non-hydrogen) atoms. The minimum Gasteiger partial charge on any atom is -0.385 e. The molecule has 5 rings (SSSR count). The third-order valence-electron chi connectivity index (χ3n) is 6.37. The average molecular weight is 427 g/mol. The monoisotopic (exact) mass is 426 g/mol. The Kier molecular flexibility index (Phi) is 4.88. The Morgan fingerprint density at radius 2 is 2.03 bits per heavy atom. The van der Waals surface area contributed by atoms with Crippen LogP contribution < -0.4 is 0 Å². The maximum Gasteiger partial charge on any atom is 0.255 e. The number of ether oxygens (including phenoxy) is 1. The summed E-state index contributed by atoms with van der Waals surface area (Å²) >= 11 is 1.81. The standard InChI is InChI=1S/C22H26N4O3S/c1-14(2)19(27)20-24-23-18-4-3-15(13-26(18)20)21(28)25-9-7-22(8-10-25)16-6-12-30-17(16)5-11-29-22/h3-4,6,12-14,19,27H,5,7-11H2,1-2H3. The zero-order valence-electron chi connectivity index (χ0n) is 17.2. The number of piperidine rings is 1. The summed E-state index contributed by atoms with van der Waals surface area (Å²) < 4.78 is 7.98. The predicted octanol–water partition coefficient (Wildman–Crippen LogP) is 3.18. The fourth-order valence-electron chi connectivity index (χ4n) is 4.56. The molecule has 7 nitrogen and oxygen atoms in total. The van der Waals surface area contributed by atoms with Crippen LogP contribution in [-0.2, 0) is 16.8 Å². The van der Waals surface area contributed by atoms with Gasteiger partial charge in [0.25, 0.3) is 5.91 Å². The maximum absolute atomic E-state index is 13.2. The number of rotatable bonds is 3. The topological polar surface area (TPSA) is 80.0 Å². The van der Waals surface area contributed by atoms with Crippen LogP contribution in [0.1, 0.15) is 59.4 Å². The van der Waals surface area contributed by atoms with Gasteiger partial charge in [0, 0.05) is 30.6 Å². The lowest BCUT2D eigenvalue weighted by Gasteiger charge is -2.44. The summed E-state index contributed by atoms with van der Waals surface area (Å²) in [5.74, 6) is 0.465. The van der Waals surface area contributed by atoms with E-state index in [1.54, 1.807) is 22.7 Å². The highest BCUT2D eigenvalue weighted by Crippen LogP contribution is 2.43. The molecule has 1 saturated heterocycles. The summed E-state index contributed by atoms with van der Waals surface area (Å²) in [5.41, 5.74) is 2.29. The Morgan fingerprint density at radius 3 is 2.80 bits per heavy atom. The van der Waals surface area contributed by atoms with E-state index < -0.39 is 6.10 Å². The Balaban J connectivity index is 1.36. The van der Waals surface area contributed by atoms with E-state index >= 15 is 0 Å². The number of hydrogen-bond donors (Lipinski definition) is 1. The summed E-state index contributed by atoms with van der Waals surface area (Å²) in [6.45, 7) is 5.94. The van der Waals surface area contributed by atoms with Crippen LogP contribution in [0.2, 0.25) is 0 Å². The van der Waals surface area contributed by atoms with Crippen molar-refractivity contribution in [1.29, 1.82) is 0 Å². The van der Waals surface area contributed by atoms with Crippen molar-refractivity contribution >= 4 is 22.9 Å². The summed E-state index contributed by atoms with van der Waals surface area (Å²) in [6.07, 6.45) is 3.63. The highest BCUT2D eigenvalue weighted by molar-refractivity contribution is 7.10. The minimum absolute atomic E-state index is 0.00697.